The van der Waals surface area contributed by atoms with Crippen LogP contribution in [0.5, 0.6) is 5.75 Å². The number of carbonyl (C=O) groups is 4. The van der Waals surface area contributed by atoms with Crippen molar-refractivity contribution >= 4 is 55.4 Å². The maximum absolute atomic E-state index is 12.8. The molecule has 9 heteroatoms. The molecule has 2 aliphatic carbocycles. The average molecular weight is 543 g/mol. The van der Waals surface area contributed by atoms with Gasteiger partial charge in [-0.15, -0.1) is 0 Å². The summed E-state index contributed by atoms with van der Waals surface area (Å²) in [6.45, 7) is -0.404. The van der Waals surface area contributed by atoms with Crippen LogP contribution in [0.2, 0.25) is 0 Å². The van der Waals surface area contributed by atoms with Crippen LogP contribution in [0, 0.1) is 23.7 Å². The van der Waals surface area contributed by atoms with E-state index in [0.717, 1.165) is 6.42 Å². The second-order valence-electron chi connectivity index (χ2n) is 7.89. The second-order valence-corrected chi connectivity index (χ2v) is 10.0. The first-order valence-corrected chi connectivity index (χ1v) is 11.6. The number of imide groups is 1. The van der Waals surface area contributed by atoms with Gasteiger partial charge in [0.2, 0.25) is 11.8 Å². The van der Waals surface area contributed by atoms with Crippen molar-refractivity contribution in [1.82, 2.24) is 4.90 Å². The molecule has 1 aromatic rings. The molecule has 1 aromatic carbocycles. The van der Waals surface area contributed by atoms with Gasteiger partial charge in [0.1, 0.15) is 5.75 Å². The van der Waals surface area contributed by atoms with Gasteiger partial charge in [0.05, 0.1) is 25.4 Å². The summed E-state index contributed by atoms with van der Waals surface area (Å²) in [7, 11) is 1.53. The summed E-state index contributed by atoms with van der Waals surface area (Å²) in [6.07, 6.45) is 0.736. The third-order valence-electron chi connectivity index (χ3n) is 6.39. The van der Waals surface area contributed by atoms with E-state index in [1.165, 1.54) is 12.0 Å². The summed E-state index contributed by atoms with van der Waals surface area (Å²) in [5, 5.41) is 0. The molecule has 2 amide bonds. The third kappa shape index (κ3) is 3.60. The number of halogens is 2. The molecule has 0 unspecified atom stereocenters. The number of nitrogens with zero attached hydrogens (tertiary/aromatic N) is 1. The number of likely N-dealkylation sites (tertiary alicyclic amines) is 1. The monoisotopic (exact) mass is 541 g/mol. The van der Waals surface area contributed by atoms with E-state index >= 15 is 0 Å². The first-order chi connectivity index (χ1) is 14.3. The molecule has 0 aromatic heterocycles. The maximum atomic E-state index is 12.8. The molecule has 0 N–H and O–H groups in total. The van der Waals surface area contributed by atoms with Crippen molar-refractivity contribution in [1.29, 1.82) is 0 Å². The van der Waals surface area contributed by atoms with E-state index in [1.807, 2.05) is 0 Å². The highest BCUT2D eigenvalue weighted by atomic mass is 79.9. The number of Topliss-reactive ketones (excluding diaryl/α,β-unsaturated/α-hetero) is 1. The van der Waals surface area contributed by atoms with Crippen molar-refractivity contribution in [3.8, 4) is 5.75 Å². The molecule has 3 fully saturated rings. The fraction of sp³-hybridized carbons (Fsp3) is 0.524. The Kier molecular flexibility index (Phi) is 6.03. The maximum Gasteiger partial charge on any atom is 0.308 e. The van der Waals surface area contributed by atoms with Crippen LogP contribution in [0.25, 0.3) is 0 Å². The number of rotatable bonds is 7. The smallest absolute Gasteiger partial charge is 0.308 e. The quantitative estimate of drug-likeness (QED) is 0.228. The van der Waals surface area contributed by atoms with E-state index < -0.39 is 5.97 Å². The fourth-order valence-corrected chi connectivity index (χ4v) is 6.79. The number of hydrogen-bond donors (Lipinski definition) is 0. The topological polar surface area (TPSA) is 90.0 Å². The Morgan fingerprint density at radius 1 is 1.03 bits per heavy atom. The number of alkyl halides is 2. The number of methoxy groups -OCH3 is 1. The number of hydrogen-bond acceptors (Lipinski definition) is 6. The second kappa shape index (κ2) is 8.42. The largest absolute Gasteiger partial charge is 0.497 e. The summed E-state index contributed by atoms with van der Waals surface area (Å²) in [4.78, 5) is 51.4. The minimum Gasteiger partial charge on any atom is -0.497 e. The van der Waals surface area contributed by atoms with Gasteiger partial charge in [-0.1, -0.05) is 31.9 Å². The molecule has 6 atom stereocenters. The molecule has 2 bridgehead atoms. The summed E-state index contributed by atoms with van der Waals surface area (Å²) in [6, 6.07) is 6.49. The summed E-state index contributed by atoms with van der Waals surface area (Å²) in [5.74, 6) is -1.03. The van der Waals surface area contributed by atoms with Gasteiger partial charge in [0.15, 0.2) is 12.4 Å². The Morgan fingerprint density at radius 3 is 2.13 bits per heavy atom. The predicted molar refractivity (Wildman–Crippen MR) is 114 cm³/mol. The number of amides is 2. The Labute approximate surface area is 190 Å². The van der Waals surface area contributed by atoms with Crippen LogP contribution in [-0.4, -0.2) is 58.4 Å². The van der Waals surface area contributed by atoms with Crippen molar-refractivity contribution in [2.24, 2.45) is 23.7 Å². The van der Waals surface area contributed by atoms with Gasteiger partial charge in [-0.2, -0.15) is 0 Å². The van der Waals surface area contributed by atoms with E-state index in [2.05, 4.69) is 31.9 Å². The van der Waals surface area contributed by atoms with Crippen molar-refractivity contribution in [2.45, 2.75) is 22.5 Å². The molecule has 0 radical (unpaired) electrons. The molecule has 1 saturated heterocycles. The number of ketones is 1. The Morgan fingerprint density at radius 2 is 1.60 bits per heavy atom. The third-order valence-corrected chi connectivity index (χ3v) is 9.60. The summed E-state index contributed by atoms with van der Waals surface area (Å²) in [5.41, 5.74) is 0.408. The zero-order valence-electron chi connectivity index (χ0n) is 16.3. The van der Waals surface area contributed by atoms with Gasteiger partial charge in [-0.05, 0) is 42.5 Å². The zero-order chi connectivity index (χ0) is 21.6. The van der Waals surface area contributed by atoms with Crippen molar-refractivity contribution < 1.29 is 28.7 Å². The highest BCUT2D eigenvalue weighted by Gasteiger charge is 2.66. The minimum atomic E-state index is -0.616. The van der Waals surface area contributed by atoms with Crippen LogP contribution in [0.3, 0.4) is 0 Å². The molecule has 160 valence electrons. The molecule has 3 aliphatic rings. The van der Waals surface area contributed by atoms with Crippen LogP contribution in [0.4, 0.5) is 0 Å². The minimum absolute atomic E-state index is 0.0143. The fourth-order valence-electron chi connectivity index (χ4n) is 4.91. The first kappa shape index (κ1) is 21.5. The van der Waals surface area contributed by atoms with Crippen LogP contribution in [0.15, 0.2) is 24.3 Å². The number of fused-ring (bicyclic) bond motifs is 5. The van der Waals surface area contributed by atoms with Crippen LogP contribution >= 0.6 is 31.9 Å². The molecular weight excluding hydrogens is 522 g/mol. The molecule has 1 aliphatic heterocycles. The standard InChI is InChI=1S/C21H21Br2NO6/c1-29-11-4-2-10(3-5-11)14(25)9-30-15(26)6-7-24-20(27)16-12-8-13(17(16)21(24)28)19(23)18(12)22/h2-5,12-13,16-19H,6-9H2,1H3/t12-,13+,16-,17+,18-,19+. The molecule has 4 rings (SSSR count). The lowest BCUT2D eigenvalue weighted by Gasteiger charge is -2.28. The Hall–Kier alpha value is -1.74. The van der Waals surface area contributed by atoms with E-state index in [0.29, 0.717) is 11.3 Å². The lowest BCUT2D eigenvalue weighted by molar-refractivity contribution is -0.145. The molecule has 7 nitrogen and oxygen atoms in total. The normalized spacial score (nSPS) is 31.8. The van der Waals surface area contributed by atoms with Crippen molar-refractivity contribution in [2.75, 3.05) is 20.3 Å². The highest BCUT2D eigenvalue weighted by molar-refractivity contribution is 9.12. The van der Waals surface area contributed by atoms with Crippen LogP contribution in [-0.2, 0) is 19.1 Å². The number of carbonyl (C=O) groups excluding carboxylic acids is 4. The van der Waals surface area contributed by atoms with Crippen LogP contribution < -0.4 is 4.74 Å². The SMILES string of the molecule is COc1ccc(C(=O)COC(=O)CCN2C(=O)[C@@H]3[C@H]4C[C@H]([C@H](Br)[C@@H]4Br)[C@@H]3C2=O)cc1. The summed E-state index contributed by atoms with van der Waals surface area (Å²) < 4.78 is 10.1. The van der Waals surface area contributed by atoms with Crippen molar-refractivity contribution in [3.05, 3.63) is 29.8 Å². The lowest BCUT2D eigenvalue weighted by Crippen LogP contribution is -2.37. The average Bonchev–Trinajstić information content (AvgIpc) is 3.35. The summed E-state index contributed by atoms with van der Waals surface area (Å²) >= 11 is 7.29. The zero-order valence-corrected chi connectivity index (χ0v) is 19.4. The van der Waals surface area contributed by atoms with E-state index in [-0.39, 0.29) is 70.5 Å². The first-order valence-electron chi connectivity index (χ1n) is 9.79. The van der Waals surface area contributed by atoms with Crippen LogP contribution in [0.1, 0.15) is 23.2 Å². The van der Waals surface area contributed by atoms with Crippen molar-refractivity contribution in [3.63, 3.8) is 0 Å². The number of esters is 1. The Bertz CT molecular complexity index is 856. The lowest BCUT2D eigenvalue weighted by atomic mass is 9.81. The van der Waals surface area contributed by atoms with Gasteiger partial charge in [-0.3, -0.25) is 24.1 Å². The van der Waals surface area contributed by atoms with Gasteiger partial charge in [0, 0.05) is 21.8 Å². The molecule has 0 spiro atoms. The predicted octanol–water partition coefficient (Wildman–Crippen LogP) is 2.59. The Balaban J connectivity index is 1.28. The molecule has 1 heterocycles. The van der Waals surface area contributed by atoms with E-state index in [9.17, 15) is 19.2 Å². The van der Waals surface area contributed by atoms with Gasteiger partial charge in [0.25, 0.3) is 0 Å². The highest BCUT2D eigenvalue weighted by Crippen LogP contribution is 2.60. The molecular formula is C21H21Br2NO6. The van der Waals surface area contributed by atoms with Gasteiger partial charge in [-0.25, -0.2) is 0 Å². The molecule has 2 saturated carbocycles. The molecule has 30 heavy (non-hydrogen) atoms. The van der Waals surface area contributed by atoms with Gasteiger partial charge < -0.3 is 9.47 Å². The number of benzene rings is 1. The number of ether oxygens (including phenoxy) is 2. The van der Waals surface area contributed by atoms with E-state index in [1.54, 1.807) is 24.3 Å². The van der Waals surface area contributed by atoms with Gasteiger partial charge >= 0.3 is 5.97 Å². The van der Waals surface area contributed by atoms with E-state index in [4.69, 9.17) is 9.47 Å².